The summed E-state index contributed by atoms with van der Waals surface area (Å²) in [5.74, 6) is 6.48. The number of nitrogens with two attached hydrogens (primary N) is 1. The molecule has 2 heteroatoms. The van der Waals surface area contributed by atoms with Gasteiger partial charge in [0.1, 0.15) is 0 Å². The van der Waals surface area contributed by atoms with Crippen LogP contribution in [0.3, 0.4) is 0 Å². The van der Waals surface area contributed by atoms with E-state index in [1.807, 2.05) is 0 Å². The molecule has 2 atom stereocenters. The number of fused-ring (bicyclic) bond motifs is 1. The summed E-state index contributed by atoms with van der Waals surface area (Å²) >= 11 is 0. The fraction of sp³-hybridized carbons (Fsp3) is 0.368. The van der Waals surface area contributed by atoms with E-state index in [4.69, 9.17) is 5.84 Å². The smallest absolute Gasteiger partial charge is 0.0245 e. The Morgan fingerprint density at radius 3 is 2.48 bits per heavy atom. The van der Waals surface area contributed by atoms with Crippen LogP contribution in [0.1, 0.15) is 29.5 Å². The molecule has 0 spiro atoms. The van der Waals surface area contributed by atoms with Crippen LogP contribution in [-0.4, -0.2) is 6.04 Å². The number of aryl methyl sites for hydroxylation is 2. The van der Waals surface area contributed by atoms with Crippen molar-refractivity contribution >= 4 is 0 Å². The van der Waals surface area contributed by atoms with Crippen LogP contribution in [0.25, 0.3) is 0 Å². The van der Waals surface area contributed by atoms with Gasteiger partial charge < -0.3 is 0 Å². The van der Waals surface area contributed by atoms with Gasteiger partial charge in [0.25, 0.3) is 0 Å². The Hall–Kier alpha value is -1.64. The third kappa shape index (κ3) is 3.52. The molecule has 0 aromatic heterocycles. The standard InChI is InChI=1S/C19H24N2/c20-21-19(13-10-15-6-2-1-3-7-15)18-12-11-16-8-4-5-9-17(16)14-18/h1-9,18-19,21H,10-14,20H2. The van der Waals surface area contributed by atoms with Gasteiger partial charge in [-0.2, -0.15) is 0 Å². The van der Waals surface area contributed by atoms with Crippen LogP contribution in [0.4, 0.5) is 0 Å². The second kappa shape index (κ2) is 6.88. The van der Waals surface area contributed by atoms with Crippen LogP contribution >= 0.6 is 0 Å². The summed E-state index contributed by atoms with van der Waals surface area (Å²) in [7, 11) is 0. The van der Waals surface area contributed by atoms with Crippen molar-refractivity contribution in [2.24, 2.45) is 11.8 Å². The van der Waals surface area contributed by atoms with Crippen molar-refractivity contribution in [1.29, 1.82) is 0 Å². The van der Waals surface area contributed by atoms with Crippen LogP contribution in [-0.2, 0) is 19.3 Å². The Morgan fingerprint density at radius 2 is 1.71 bits per heavy atom. The molecule has 2 nitrogen and oxygen atoms in total. The first kappa shape index (κ1) is 14.3. The maximum Gasteiger partial charge on any atom is 0.0245 e. The van der Waals surface area contributed by atoms with Crippen molar-refractivity contribution in [2.75, 3.05) is 0 Å². The maximum atomic E-state index is 5.84. The lowest BCUT2D eigenvalue weighted by molar-refractivity contribution is 0.308. The van der Waals surface area contributed by atoms with E-state index in [1.54, 1.807) is 0 Å². The van der Waals surface area contributed by atoms with Crippen molar-refractivity contribution in [2.45, 2.75) is 38.1 Å². The third-order valence-corrected chi connectivity index (χ3v) is 4.75. The number of hydrazine groups is 1. The minimum Gasteiger partial charge on any atom is -0.271 e. The molecule has 3 rings (SSSR count). The number of hydrogen-bond acceptors (Lipinski definition) is 2. The van der Waals surface area contributed by atoms with Gasteiger partial charge in [-0.25, -0.2) is 0 Å². The Labute approximate surface area is 127 Å². The zero-order valence-corrected chi connectivity index (χ0v) is 12.5. The summed E-state index contributed by atoms with van der Waals surface area (Å²) in [5, 5.41) is 0. The number of nitrogens with one attached hydrogen (secondary N) is 1. The molecule has 0 aliphatic heterocycles. The van der Waals surface area contributed by atoms with Crippen molar-refractivity contribution < 1.29 is 0 Å². The van der Waals surface area contributed by atoms with Gasteiger partial charge >= 0.3 is 0 Å². The molecule has 0 amide bonds. The molecule has 0 saturated heterocycles. The number of hydrogen-bond donors (Lipinski definition) is 2. The lowest BCUT2D eigenvalue weighted by atomic mass is 9.79. The van der Waals surface area contributed by atoms with Crippen molar-refractivity contribution in [3.05, 3.63) is 71.3 Å². The molecule has 2 aromatic carbocycles. The third-order valence-electron chi connectivity index (χ3n) is 4.75. The number of rotatable bonds is 5. The van der Waals surface area contributed by atoms with E-state index < -0.39 is 0 Å². The Kier molecular flexibility index (Phi) is 4.69. The van der Waals surface area contributed by atoms with Crippen molar-refractivity contribution in [1.82, 2.24) is 5.43 Å². The molecule has 3 N–H and O–H groups in total. The minimum atomic E-state index is 0.401. The monoisotopic (exact) mass is 280 g/mol. The topological polar surface area (TPSA) is 38.0 Å². The molecule has 21 heavy (non-hydrogen) atoms. The summed E-state index contributed by atoms with van der Waals surface area (Å²) in [5.41, 5.74) is 7.50. The normalized spacial score (nSPS) is 19.0. The van der Waals surface area contributed by atoms with Crippen LogP contribution in [0, 0.1) is 5.92 Å². The van der Waals surface area contributed by atoms with E-state index >= 15 is 0 Å². The highest BCUT2D eigenvalue weighted by Gasteiger charge is 2.25. The van der Waals surface area contributed by atoms with E-state index in [0.29, 0.717) is 12.0 Å². The van der Waals surface area contributed by atoms with Gasteiger partial charge in [-0.3, -0.25) is 11.3 Å². The predicted octanol–water partition coefficient (Wildman–Crippen LogP) is 3.26. The lowest BCUT2D eigenvalue weighted by Gasteiger charge is -2.31. The fourth-order valence-electron chi connectivity index (χ4n) is 3.49. The van der Waals surface area contributed by atoms with Gasteiger partial charge in [-0.1, -0.05) is 54.6 Å². The first-order valence-electron chi connectivity index (χ1n) is 7.93. The molecule has 2 aromatic rings. The molecule has 2 unspecified atom stereocenters. The molecule has 0 bridgehead atoms. The molecule has 0 radical (unpaired) electrons. The molecule has 110 valence electrons. The van der Waals surface area contributed by atoms with Gasteiger partial charge in [0, 0.05) is 6.04 Å². The summed E-state index contributed by atoms with van der Waals surface area (Å²) in [6, 6.07) is 19.9. The first-order chi connectivity index (χ1) is 10.4. The van der Waals surface area contributed by atoms with Gasteiger partial charge in [-0.15, -0.1) is 0 Å². The molecule has 0 heterocycles. The SMILES string of the molecule is NNC(CCc1ccccc1)C1CCc2ccccc2C1. The zero-order chi connectivity index (χ0) is 14.5. The first-order valence-corrected chi connectivity index (χ1v) is 7.93. The van der Waals surface area contributed by atoms with Crippen LogP contribution in [0.15, 0.2) is 54.6 Å². The van der Waals surface area contributed by atoms with Crippen LogP contribution in [0.2, 0.25) is 0 Å². The highest BCUT2D eigenvalue weighted by Crippen LogP contribution is 2.28. The van der Waals surface area contributed by atoms with E-state index in [1.165, 1.54) is 29.5 Å². The minimum absolute atomic E-state index is 0.401. The molecule has 1 aliphatic carbocycles. The summed E-state index contributed by atoms with van der Waals surface area (Å²) in [6.07, 6.45) is 5.77. The average Bonchev–Trinajstić information content (AvgIpc) is 2.56. The van der Waals surface area contributed by atoms with E-state index in [0.717, 1.165) is 19.3 Å². The van der Waals surface area contributed by atoms with Gasteiger partial charge in [0.2, 0.25) is 0 Å². The van der Waals surface area contributed by atoms with E-state index in [9.17, 15) is 0 Å². The van der Waals surface area contributed by atoms with Crippen LogP contribution < -0.4 is 11.3 Å². The van der Waals surface area contributed by atoms with Crippen molar-refractivity contribution in [3.63, 3.8) is 0 Å². The fourth-order valence-corrected chi connectivity index (χ4v) is 3.49. The molecule has 1 aliphatic rings. The summed E-state index contributed by atoms with van der Waals surface area (Å²) in [6.45, 7) is 0. The molecule has 0 fully saturated rings. The second-order valence-corrected chi connectivity index (χ2v) is 6.07. The van der Waals surface area contributed by atoms with E-state index in [2.05, 4.69) is 60.0 Å². The maximum absolute atomic E-state index is 5.84. The summed E-state index contributed by atoms with van der Waals surface area (Å²) < 4.78 is 0. The number of benzene rings is 2. The highest BCUT2D eigenvalue weighted by atomic mass is 15.2. The average molecular weight is 280 g/mol. The van der Waals surface area contributed by atoms with E-state index in [-0.39, 0.29) is 0 Å². The van der Waals surface area contributed by atoms with Crippen molar-refractivity contribution in [3.8, 4) is 0 Å². The Bertz CT molecular complexity index is 565. The molecular formula is C19H24N2. The van der Waals surface area contributed by atoms with Crippen LogP contribution in [0.5, 0.6) is 0 Å². The Morgan fingerprint density at radius 1 is 1.00 bits per heavy atom. The highest BCUT2D eigenvalue weighted by molar-refractivity contribution is 5.30. The predicted molar refractivity (Wildman–Crippen MR) is 87.8 cm³/mol. The lowest BCUT2D eigenvalue weighted by Crippen LogP contribution is -2.43. The van der Waals surface area contributed by atoms with Gasteiger partial charge in [-0.05, 0) is 54.7 Å². The zero-order valence-electron chi connectivity index (χ0n) is 12.5. The molecular weight excluding hydrogens is 256 g/mol. The second-order valence-electron chi connectivity index (χ2n) is 6.07. The molecule has 0 saturated carbocycles. The summed E-state index contributed by atoms with van der Waals surface area (Å²) in [4.78, 5) is 0. The quantitative estimate of drug-likeness (QED) is 0.652. The van der Waals surface area contributed by atoms with Gasteiger partial charge in [0.15, 0.2) is 0 Å². The largest absolute Gasteiger partial charge is 0.271 e. The Balaban J connectivity index is 1.62. The van der Waals surface area contributed by atoms with Gasteiger partial charge in [0.05, 0.1) is 0 Å².